The molecule has 4 heteroatoms. The van der Waals surface area contributed by atoms with Crippen molar-refractivity contribution < 1.29 is 9.47 Å². The SMILES string of the molecule is COc1cc(OC)cc(C(N)c2cc(C)c(Br)c(C)c2)c1. The molecular weight excluding hydrogens is 330 g/mol. The van der Waals surface area contributed by atoms with E-state index in [2.05, 4.69) is 41.9 Å². The summed E-state index contributed by atoms with van der Waals surface area (Å²) in [5, 5.41) is 0. The third kappa shape index (κ3) is 3.39. The Morgan fingerprint density at radius 2 is 1.29 bits per heavy atom. The predicted octanol–water partition coefficient (Wildman–Crippen LogP) is 4.13. The normalized spacial score (nSPS) is 12.1. The number of halogens is 1. The molecule has 0 amide bonds. The van der Waals surface area contributed by atoms with E-state index in [9.17, 15) is 0 Å². The second-order valence-corrected chi connectivity index (χ2v) is 5.89. The Bertz CT molecular complexity index is 610. The molecule has 1 atom stereocenters. The van der Waals surface area contributed by atoms with Crippen LogP contribution in [0.2, 0.25) is 0 Å². The van der Waals surface area contributed by atoms with Gasteiger partial charge in [0, 0.05) is 10.5 Å². The molecule has 0 aliphatic carbocycles. The van der Waals surface area contributed by atoms with Crippen molar-refractivity contribution in [3.63, 3.8) is 0 Å². The minimum absolute atomic E-state index is 0.223. The Kier molecular flexibility index (Phi) is 4.91. The summed E-state index contributed by atoms with van der Waals surface area (Å²) < 4.78 is 11.7. The molecule has 2 aromatic rings. The Balaban J connectivity index is 2.46. The molecule has 0 saturated heterocycles. The van der Waals surface area contributed by atoms with Crippen LogP contribution in [0.3, 0.4) is 0 Å². The fourth-order valence-corrected chi connectivity index (χ4v) is 2.59. The summed E-state index contributed by atoms with van der Waals surface area (Å²) in [6.07, 6.45) is 0. The van der Waals surface area contributed by atoms with E-state index in [4.69, 9.17) is 15.2 Å². The maximum absolute atomic E-state index is 6.42. The molecule has 3 nitrogen and oxygen atoms in total. The third-order valence-corrected chi connectivity index (χ3v) is 4.80. The Labute approximate surface area is 134 Å². The number of benzene rings is 2. The number of hydrogen-bond donors (Lipinski definition) is 1. The van der Waals surface area contributed by atoms with Gasteiger partial charge in [-0.15, -0.1) is 0 Å². The van der Waals surface area contributed by atoms with E-state index in [-0.39, 0.29) is 6.04 Å². The second kappa shape index (κ2) is 6.50. The molecule has 0 aliphatic heterocycles. The van der Waals surface area contributed by atoms with Gasteiger partial charge in [-0.05, 0) is 48.2 Å². The monoisotopic (exact) mass is 349 g/mol. The molecule has 21 heavy (non-hydrogen) atoms. The van der Waals surface area contributed by atoms with Gasteiger partial charge in [-0.2, -0.15) is 0 Å². The molecule has 0 fully saturated rings. The average Bonchev–Trinajstić information content (AvgIpc) is 2.50. The molecule has 0 radical (unpaired) electrons. The molecular formula is C17H20BrNO2. The zero-order valence-electron chi connectivity index (χ0n) is 12.7. The molecule has 0 bridgehead atoms. The first kappa shape index (κ1) is 15.9. The quantitative estimate of drug-likeness (QED) is 0.902. The van der Waals surface area contributed by atoms with Crippen molar-refractivity contribution in [1.82, 2.24) is 0 Å². The lowest BCUT2D eigenvalue weighted by Crippen LogP contribution is -2.13. The molecule has 2 aromatic carbocycles. The van der Waals surface area contributed by atoms with Crippen LogP contribution in [-0.2, 0) is 0 Å². The van der Waals surface area contributed by atoms with Crippen LogP contribution >= 0.6 is 15.9 Å². The van der Waals surface area contributed by atoms with Crippen LogP contribution in [0.4, 0.5) is 0 Å². The van der Waals surface area contributed by atoms with E-state index < -0.39 is 0 Å². The van der Waals surface area contributed by atoms with Crippen molar-refractivity contribution in [2.75, 3.05) is 14.2 Å². The molecule has 0 saturated carbocycles. The average molecular weight is 350 g/mol. The zero-order valence-corrected chi connectivity index (χ0v) is 14.3. The predicted molar refractivity (Wildman–Crippen MR) is 89.2 cm³/mol. The van der Waals surface area contributed by atoms with Crippen LogP contribution < -0.4 is 15.2 Å². The Hall–Kier alpha value is -1.52. The van der Waals surface area contributed by atoms with Gasteiger partial charge in [-0.25, -0.2) is 0 Å². The van der Waals surface area contributed by atoms with Gasteiger partial charge in [0.2, 0.25) is 0 Å². The minimum atomic E-state index is -0.223. The highest BCUT2D eigenvalue weighted by atomic mass is 79.9. The lowest BCUT2D eigenvalue weighted by atomic mass is 9.96. The summed E-state index contributed by atoms with van der Waals surface area (Å²) in [7, 11) is 3.27. The fraction of sp³-hybridized carbons (Fsp3) is 0.294. The van der Waals surface area contributed by atoms with Gasteiger partial charge in [-0.1, -0.05) is 28.1 Å². The topological polar surface area (TPSA) is 44.5 Å². The maximum Gasteiger partial charge on any atom is 0.122 e. The van der Waals surface area contributed by atoms with Crippen molar-refractivity contribution >= 4 is 15.9 Å². The summed E-state index contributed by atoms with van der Waals surface area (Å²) >= 11 is 3.58. The molecule has 2 rings (SSSR count). The van der Waals surface area contributed by atoms with Gasteiger partial charge in [0.15, 0.2) is 0 Å². The van der Waals surface area contributed by atoms with Crippen molar-refractivity contribution in [3.05, 3.63) is 57.1 Å². The molecule has 0 heterocycles. The van der Waals surface area contributed by atoms with Crippen LogP contribution in [-0.4, -0.2) is 14.2 Å². The number of ether oxygens (including phenoxy) is 2. The summed E-state index contributed by atoms with van der Waals surface area (Å²) in [5.41, 5.74) is 10.8. The first-order valence-electron chi connectivity index (χ1n) is 6.71. The lowest BCUT2D eigenvalue weighted by Gasteiger charge is -2.17. The second-order valence-electron chi connectivity index (χ2n) is 5.09. The Morgan fingerprint density at radius 1 is 0.857 bits per heavy atom. The fourth-order valence-electron chi connectivity index (χ4n) is 2.36. The van der Waals surface area contributed by atoms with E-state index in [0.717, 1.165) is 27.1 Å². The summed E-state index contributed by atoms with van der Waals surface area (Å²) in [6.45, 7) is 4.14. The van der Waals surface area contributed by atoms with Gasteiger partial charge in [0.1, 0.15) is 11.5 Å². The van der Waals surface area contributed by atoms with Crippen molar-refractivity contribution in [1.29, 1.82) is 0 Å². The van der Waals surface area contributed by atoms with Crippen LogP contribution in [0, 0.1) is 13.8 Å². The van der Waals surface area contributed by atoms with E-state index in [0.29, 0.717) is 0 Å². The first-order valence-corrected chi connectivity index (χ1v) is 7.50. The molecule has 0 aliphatic rings. The lowest BCUT2D eigenvalue weighted by molar-refractivity contribution is 0.393. The standard InChI is InChI=1S/C17H20BrNO2/c1-10-5-12(6-11(2)16(10)18)17(19)13-7-14(20-3)9-15(8-13)21-4/h5-9,17H,19H2,1-4H3. The highest BCUT2D eigenvalue weighted by Crippen LogP contribution is 2.31. The number of aryl methyl sites for hydroxylation is 2. The van der Waals surface area contributed by atoms with Crippen LogP contribution in [0.1, 0.15) is 28.3 Å². The minimum Gasteiger partial charge on any atom is -0.497 e. The van der Waals surface area contributed by atoms with Gasteiger partial charge in [0.05, 0.1) is 20.3 Å². The van der Waals surface area contributed by atoms with E-state index in [1.807, 2.05) is 18.2 Å². The summed E-state index contributed by atoms with van der Waals surface area (Å²) in [6, 6.07) is 9.72. The van der Waals surface area contributed by atoms with Crippen LogP contribution in [0.5, 0.6) is 11.5 Å². The third-order valence-electron chi connectivity index (χ3n) is 3.55. The van der Waals surface area contributed by atoms with Crippen molar-refractivity contribution in [2.24, 2.45) is 5.73 Å². The Morgan fingerprint density at radius 3 is 1.71 bits per heavy atom. The largest absolute Gasteiger partial charge is 0.497 e. The van der Waals surface area contributed by atoms with Gasteiger partial charge >= 0.3 is 0 Å². The van der Waals surface area contributed by atoms with Gasteiger partial charge in [0.25, 0.3) is 0 Å². The number of methoxy groups -OCH3 is 2. The van der Waals surface area contributed by atoms with Gasteiger partial charge in [-0.3, -0.25) is 0 Å². The van der Waals surface area contributed by atoms with Crippen LogP contribution in [0.25, 0.3) is 0 Å². The van der Waals surface area contributed by atoms with Gasteiger partial charge < -0.3 is 15.2 Å². The molecule has 112 valence electrons. The zero-order chi connectivity index (χ0) is 15.6. The molecule has 2 N–H and O–H groups in total. The molecule has 0 aromatic heterocycles. The highest BCUT2D eigenvalue weighted by Gasteiger charge is 2.14. The number of nitrogens with two attached hydrogens (primary N) is 1. The highest BCUT2D eigenvalue weighted by molar-refractivity contribution is 9.10. The van der Waals surface area contributed by atoms with E-state index in [1.54, 1.807) is 14.2 Å². The van der Waals surface area contributed by atoms with Crippen molar-refractivity contribution in [2.45, 2.75) is 19.9 Å². The maximum atomic E-state index is 6.42. The number of rotatable bonds is 4. The first-order chi connectivity index (χ1) is 9.96. The smallest absolute Gasteiger partial charge is 0.122 e. The van der Waals surface area contributed by atoms with Crippen molar-refractivity contribution in [3.8, 4) is 11.5 Å². The molecule has 0 spiro atoms. The summed E-state index contributed by atoms with van der Waals surface area (Å²) in [5.74, 6) is 1.48. The van der Waals surface area contributed by atoms with Crippen LogP contribution in [0.15, 0.2) is 34.8 Å². The van der Waals surface area contributed by atoms with E-state index in [1.165, 1.54) is 11.1 Å². The summed E-state index contributed by atoms with van der Waals surface area (Å²) in [4.78, 5) is 0. The molecule has 1 unspecified atom stereocenters. The number of hydrogen-bond acceptors (Lipinski definition) is 3. The van der Waals surface area contributed by atoms with E-state index >= 15 is 0 Å².